The first kappa shape index (κ1) is 18.4. The van der Waals surface area contributed by atoms with Crippen LogP contribution in [-0.2, 0) is 11.8 Å². The van der Waals surface area contributed by atoms with Gasteiger partial charge in [-0.25, -0.2) is 0 Å². The van der Waals surface area contributed by atoms with E-state index in [-0.39, 0.29) is 17.6 Å². The van der Waals surface area contributed by atoms with Gasteiger partial charge in [-0.05, 0) is 52.5 Å². The summed E-state index contributed by atoms with van der Waals surface area (Å²) >= 11 is 0. The van der Waals surface area contributed by atoms with Gasteiger partial charge in [0.05, 0.1) is 5.60 Å². The Bertz CT molecular complexity index is 590. The topological polar surface area (TPSA) is 50.6 Å². The lowest BCUT2D eigenvalue weighted by molar-refractivity contribution is -0.131. The Balaban J connectivity index is 1.70. The van der Waals surface area contributed by atoms with Gasteiger partial charge in [-0.3, -0.25) is 9.48 Å². The Morgan fingerprint density at radius 1 is 1.44 bits per heavy atom. The van der Waals surface area contributed by atoms with E-state index in [0.717, 1.165) is 51.9 Å². The standard InChI is InChI=1S/C19H32N4O2/c1-5-23(18(24)17-6-10-20-21(17)4)16-7-13-25-19(14-16)8-11-22(12-9-19)15(2)3/h6,10,15-16H,5,7-9,11-14H2,1-4H3/t16-/m1/s1. The smallest absolute Gasteiger partial charge is 0.272 e. The lowest BCUT2D eigenvalue weighted by Gasteiger charge is -2.49. The van der Waals surface area contributed by atoms with Crippen LogP contribution in [0.3, 0.4) is 0 Å². The van der Waals surface area contributed by atoms with E-state index in [4.69, 9.17) is 4.74 Å². The zero-order valence-corrected chi connectivity index (χ0v) is 16.1. The van der Waals surface area contributed by atoms with Gasteiger partial charge in [0, 0.05) is 51.6 Å². The van der Waals surface area contributed by atoms with Crippen molar-refractivity contribution in [3.8, 4) is 0 Å². The highest BCUT2D eigenvalue weighted by atomic mass is 16.5. The molecule has 1 aromatic rings. The summed E-state index contributed by atoms with van der Waals surface area (Å²) in [6.45, 7) is 10.2. The summed E-state index contributed by atoms with van der Waals surface area (Å²) in [6.07, 6.45) is 5.70. The molecule has 3 heterocycles. The van der Waals surface area contributed by atoms with Crippen LogP contribution in [0, 0.1) is 0 Å². The molecule has 0 bridgehead atoms. The maximum absolute atomic E-state index is 13.0. The summed E-state index contributed by atoms with van der Waals surface area (Å²) in [5, 5.41) is 4.15. The predicted molar refractivity (Wildman–Crippen MR) is 97.6 cm³/mol. The molecule has 25 heavy (non-hydrogen) atoms. The summed E-state index contributed by atoms with van der Waals surface area (Å²) in [5.74, 6) is 0.0872. The minimum Gasteiger partial charge on any atom is -0.375 e. The van der Waals surface area contributed by atoms with Crippen LogP contribution in [0.1, 0.15) is 56.9 Å². The van der Waals surface area contributed by atoms with Crippen LogP contribution in [-0.4, -0.2) is 69.4 Å². The average Bonchev–Trinajstić information content (AvgIpc) is 3.02. The Kier molecular flexibility index (Phi) is 5.49. The fourth-order valence-electron chi connectivity index (χ4n) is 4.36. The predicted octanol–water partition coefficient (Wildman–Crippen LogP) is 2.30. The van der Waals surface area contributed by atoms with Crippen molar-refractivity contribution in [2.24, 2.45) is 7.05 Å². The third-order valence-corrected chi connectivity index (χ3v) is 5.99. The van der Waals surface area contributed by atoms with Gasteiger partial charge in [-0.2, -0.15) is 5.10 Å². The number of hydrogen-bond acceptors (Lipinski definition) is 4. The molecule has 0 radical (unpaired) electrons. The number of rotatable bonds is 4. The van der Waals surface area contributed by atoms with Gasteiger partial charge in [0.1, 0.15) is 5.69 Å². The highest BCUT2D eigenvalue weighted by Crippen LogP contribution is 2.37. The van der Waals surface area contributed by atoms with E-state index in [1.807, 2.05) is 11.9 Å². The van der Waals surface area contributed by atoms with Crippen LogP contribution >= 0.6 is 0 Å². The summed E-state index contributed by atoms with van der Waals surface area (Å²) in [6, 6.07) is 2.66. The van der Waals surface area contributed by atoms with Crippen molar-refractivity contribution in [3.63, 3.8) is 0 Å². The van der Waals surface area contributed by atoms with E-state index in [1.165, 1.54) is 0 Å². The van der Waals surface area contributed by atoms with E-state index in [2.05, 4.69) is 30.8 Å². The SMILES string of the molecule is CCN(C(=O)c1ccnn1C)[C@@H]1CCOC2(CCN(C(C)C)CC2)C1. The molecule has 2 fully saturated rings. The molecule has 6 nitrogen and oxygen atoms in total. The highest BCUT2D eigenvalue weighted by Gasteiger charge is 2.43. The van der Waals surface area contributed by atoms with Crippen molar-refractivity contribution in [1.29, 1.82) is 0 Å². The van der Waals surface area contributed by atoms with Gasteiger partial charge in [0.15, 0.2) is 0 Å². The Hall–Kier alpha value is -1.40. The number of amides is 1. The molecule has 2 aliphatic rings. The molecular weight excluding hydrogens is 316 g/mol. The van der Waals surface area contributed by atoms with Crippen molar-refractivity contribution < 1.29 is 9.53 Å². The fourth-order valence-corrected chi connectivity index (χ4v) is 4.36. The molecule has 6 heteroatoms. The molecule has 3 rings (SSSR count). The minimum absolute atomic E-state index is 0.0472. The number of nitrogens with zero attached hydrogens (tertiary/aromatic N) is 4. The number of likely N-dealkylation sites (tertiary alicyclic amines) is 1. The summed E-state index contributed by atoms with van der Waals surface area (Å²) in [5.41, 5.74) is 0.617. The molecule has 0 aliphatic carbocycles. The molecule has 2 aliphatic heterocycles. The lowest BCUT2D eigenvalue weighted by atomic mass is 9.81. The van der Waals surface area contributed by atoms with Gasteiger partial charge in [-0.1, -0.05) is 0 Å². The van der Waals surface area contributed by atoms with E-state index < -0.39 is 0 Å². The molecule has 2 saturated heterocycles. The van der Waals surface area contributed by atoms with Crippen LogP contribution in [0.15, 0.2) is 12.3 Å². The zero-order chi connectivity index (χ0) is 18.0. The number of piperidine rings is 1. The van der Waals surface area contributed by atoms with E-state index in [0.29, 0.717) is 11.7 Å². The number of aromatic nitrogens is 2. The molecule has 140 valence electrons. The maximum atomic E-state index is 13.0. The number of carbonyl (C=O) groups is 1. The molecule has 0 unspecified atom stereocenters. The monoisotopic (exact) mass is 348 g/mol. The molecule has 0 saturated carbocycles. The molecule has 1 spiro atoms. The van der Waals surface area contributed by atoms with E-state index in [1.54, 1.807) is 16.9 Å². The summed E-state index contributed by atoms with van der Waals surface area (Å²) in [4.78, 5) is 17.5. The summed E-state index contributed by atoms with van der Waals surface area (Å²) in [7, 11) is 1.83. The van der Waals surface area contributed by atoms with Gasteiger partial charge >= 0.3 is 0 Å². The second-order valence-corrected chi connectivity index (χ2v) is 7.74. The van der Waals surface area contributed by atoms with Gasteiger partial charge in [0.25, 0.3) is 5.91 Å². The third-order valence-electron chi connectivity index (χ3n) is 5.99. The second-order valence-electron chi connectivity index (χ2n) is 7.74. The van der Waals surface area contributed by atoms with Gasteiger partial charge in [0.2, 0.25) is 0 Å². The van der Waals surface area contributed by atoms with Crippen LogP contribution in [0.5, 0.6) is 0 Å². The van der Waals surface area contributed by atoms with Gasteiger partial charge < -0.3 is 14.5 Å². The molecule has 1 amide bonds. The highest BCUT2D eigenvalue weighted by molar-refractivity contribution is 5.92. The summed E-state index contributed by atoms with van der Waals surface area (Å²) < 4.78 is 7.94. The minimum atomic E-state index is -0.0472. The first-order chi connectivity index (χ1) is 12.0. The number of carbonyl (C=O) groups excluding carboxylic acids is 1. The van der Waals surface area contributed by atoms with Crippen LogP contribution in [0.2, 0.25) is 0 Å². The Labute approximate surface area is 151 Å². The normalized spacial score (nSPS) is 24.0. The largest absolute Gasteiger partial charge is 0.375 e. The molecule has 0 aromatic carbocycles. The van der Waals surface area contributed by atoms with Crippen molar-refractivity contribution in [3.05, 3.63) is 18.0 Å². The number of hydrogen-bond donors (Lipinski definition) is 0. The van der Waals surface area contributed by atoms with Crippen molar-refractivity contribution in [2.45, 2.75) is 64.1 Å². The number of aryl methyl sites for hydroxylation is 1. The van der Waals surface area contributed by atoms with Crippen molar-refractivity contribution >= 4 is 5.91 Å². The molecule has 0 N–H and O–H groups in total. The second kappa shape index (κ2) is 7.46. The first-order valence-corrected chi connectivity index (χ1v) is 9.63. The first-order valence-electron chi connectivity index (χ1n) is 9.63. The van der Waals surface area contributed by atoms with E-state index in [9.17, 15) is 4.79 Å². The average molecular weight is 348 g/mol. The molecule has 1 atom stereocenters. The molecular formula is C19H32N4O2. The number of ether oxygens (including phenoxy) is 1. The van der Waals surface area contributed by atoms with E-state index >= 15 is 0 Å². The fraction of sp³-hybridized carbons (Fsp3) is 0.789. The van der Waals surface area contributed by atoms with Crippen LogP contribution in [0.25, 0.3) is 0 Å². The van der Waals surface area contributed by atoms with Gasteiger partial charge in [-0.15, -0.1) is 0 Å². The quantitative estimate of drug-likeness (QED) is 0.838. The van der Waals surface area contributed by atoms with Crippen LogP contribution in [0.4, 0.5) is 0 Å². The van der Waals surface area contributed by atoms with Crippen molar-refractivity contribution in [1.82, 2.24) is 19.6 Å². The Morgan fingerprint density at radius 3 is 2.72 bits per heavy atom. The lowest BCUT2D eigenvalue weighted by Crippen LogP contribution is -2.55. The van der Waals surface area contributed by atoms with Crippen molar-refractivity contribution in [2.75, 3.05) is 26.2 Å². The maximum Gasteiger partial charge on any atom is 0.272 e. The van der Waals surface area contributed by atoms with Crippen LogP contribution < -0.4 is 0 Å². The zero-order valence-electron chi connectivity index (χ0n) is 16.1. The molecule has 1 aromatic heterocycles. The third kappa shape index (κ3) is 3.75. The Morgan fingerprint density at radius 2 is 2.16 bits per heavy atom.